The summed E-state index contributed by atoms with van der Waals surface area (Å²) in [4.78, 5) is 26.0. The molecular weight excluding hydrogens is 411 g/mol. The van der Waals surface area contributed by atoms with Crippen molar-refractivity contribution < 1.29 is 9.18 Å². The summed E-state index contributed by atoms with van der Waals surface area (Å²) in [5, 5.41) is 11.1. The summed E-state index contributed by atoms with van der Waals surface area (Å²) >= 11 is 0. The van der Waals surface area contributed by atoms with Gasteiger partial charge in [-0.25, -0.2) is 23.9 Å². The summed E-state index contributed by atoms with van der Waals surface area (Å²) in [7, 11) is 1.62. The zero-order valence-corrected chi connectivity index (χ0v) is 17.2. The Bertz CT molecular complexity index is 1440. The second-order valence-electron chi connectivity index (χ2n) is 7.21. The quantitative estimate of drug-likeness (QED) is 0.471. The van der Waals surface area contributed by atoms with Crippen LogP contribution in [0.2, 0.25) is 0 Å². The number of halogens is 1. The first kappa shape index (κ1) is 19.5. The van der Waals surface area contributed by atoms with Gasteiger partial charge in [-0.1, -0.05) is 30.3 Å². The normalized spacial score (nSPS) is 11.1. The van der Waals surface area contributed by atoms with Crippen LogP contribution in [-0.4, -0.2) is 40.3 Å². The number of anilines is 1. The minimum atomic E-state index is -0.648. The van der Waals surface area contributed by atoms with Crippen molar-refractivity contribution in [2.75, 3.05) is 5.32 Å². The lowest BCUT2D eigenvalue weighted by atomic mass is 10.2. The van der Waals surface area contributed by atoms with Crippen LogP contribution in [0.3, 0.4) is 0 Å². The number of aromatic nitrogens is 7. The van der Waals surface area contributed by atoms with E-state index in [-0.39, 0.29) is 11.4 Å². The molecule has 0 saturated heterocycles. The van der Waals surface area contributed by atoms with Crippen molar-refractivity contribution in [3.63, 3.8) is 0 Å². The highest BCUT2D eigenvalue weighted by molar-refractivity contribution is 6.07. The second-order valence-corrected chi connectivity index (χ2v) is 7.21. The van der Waals surface area contributed by atoms with E-state index >= 15 is 0 Å². The molecule has 0 spiro atoms. The van der Waals surface area contributed by atoms with Crippen LogP contribution in [0.15, 0.2) is 61.2 Å². The third kappa shape index (κ3) is 3.47. The number of amides is 1. The molecule has 32 heavy (non-hydrogen) atoms. The summed E-state index contributed by atoms with van der Waals surface area (Å²) in [6.07, 6.45) is 5.99. The number of nitrogens with zero attached hydrogens (tertiary/aromatic N) is 7. The first-order valence-corrected chi connectivity index (χ1v) is 9.73. The van der Waals surface area contributed by atoms with Gasteiger partial charge >= 0.3 is 0 Å². The van der Waals surface area contributed by atoms with Gasteiger partial charge < -0.3 is 5.32 Å². The molecule has 0 aliphatic heterocycles. The molecule has 4 aromatic heterocycles. The molecule has 0 saturated carbocycles. The number of nitrogens with one attached hydrogen (secondary N) is 1. The monoisotopic (exact) mass is 428 g/mol. The maximum absolute atomic E-state index is 14.8. The molecule has 0 bridgehead atoms. The van der Waals surface area contributed by atoms with Crippen molar-refractivity contribution >= 4 is 17.2 Å². The van der Waals surface area contributed by atoms with E-state index in [0.29, 0.717) is 22.9 Å². The van der Waals surface area contributed by atoms with Crippen LogP contribution in [0.1, 0.15) is 16.1 Å². The predicted molar refractivity (Wildman–Crippen MR) is 115 cm³/mol. The van der Waals surface area contributed by atoms with E-state index in [9.17, 15) is 9.18 Å². The molecule has 158 valence electrons. The van der Waals surface area contributed by atoms with Crippen LogP contribution in [-0.2, 0) is 7.05 Å². The van der Waals surface area contributed by atoms with Crippen LogP contribution in [0.4, 0.5) is 10.1 Å². The van der Waals surface area contributed by atoms with Crippen molar-refractivity contribution in [2.24, 2.45) is 7.05 Å². The van der Waals surface area contributed by atoms with Gasteiger partial charge in [0.05, 0.1) is 23.6 Å². The number of pyridine rings is 1. The second kappa shape index (κ2) is 7.65. The van der Waals surface area contributed by atoms with Crippen LogP contribution in [0, 0.1) is 12.7 Å². The molecule has 4 heterocycles. The van der Waals surface area contributed by atoms with Gasteiger partial charge in [0.15, 0.2) is 23.1 Å². The van der Waals surface area contributed by atoms with Gasteiger partial charge in [0.25, 0.3) is 5.91 Å². The van der Waals surface area contributed by atoms with Crippen LogP contribution >= 0.6 is 0 Å². The number of aryl methyl sites for hydroxylation is 2. The Hall–Kier alpha value is -4.47. The Kier molecular flexibility index (Phi) is 4.66. The minimum Gasteiger partial charge on any atom is -0.318 e. The smallest absolute Gasteiger partial charge is 0.274 e. The number of hydrogen-bond acceptors (Lipinski definition) is 6. The minimum absolute atomic E-state index is 0.0218. The van der Waals surface area contributed by atoms with Crippen LogP contribution in [0.5, 0.6) is 0 Å². The predicted octanol–water partition coefficient (Wildman–Crippen LogP) is 3.29. The molecule has 0 unspecified atom stereocenters. The number of carbonyl (C=O) groups excluding carboxylic acids is 1. The van der Waals surface area contributed by atoms with Crippen molar-refractivity contribution in [1.82, 2.24) is 34.3 Å². The van der Waals surface area contributed by atoms with E-state index in [1.807, 2.05) is 37.3 Å². The highest BCUT2D eigenvalue weighted by Gasteiger charge is 2.22. The molecule has 0 aliphatic rings. The van der Waals surface area contributed by atoms with E-state index in [1.165, 1.54) is 27.7 Å². The molecule has 0 fully saturated rings. The first-order chi connectivity index (χ1) is 15.5. The van der Waals surface area contributed by atoms with E-state index in [4.69, 9.17) is 0 Å². The highest BCUT2D eigenvalue weighted by Crippen LogP contribution is 2.23. The van der Waals surface area contributed by atoms with Crippen molar-refractivity contribution in [1.29, 1.82) is 0 Å². The summed E-state index contributed by atoms with van der Waals surface area (Å²) < 4.78 is 17.5. The fourth-order valence-corrected chi connectivity index (χ4v) is 3.29. The van der Waals surface area contributed by atoms with Crippen molar-refractivity contribution in [3.05, 3.63) is 78.3 Å². The summed E-state index contributed by atoms with van der Waals surface area (Å²) in [5.74, 6) is -0.380. The van der Waals surface area contributed by atoms with Gasteiger partial charge in [0.2, 0.25) is 0 Å². The molecule has 1 amide bonds. The topological polar surface area (TPSA) is 103 Å². The zero-order chi connectivity index (χ0) is 22.2. The van der Waals surface area contributed by atoms with Gasteiger partial charge in [-0.15, -0.1) is 5.10 Å². The fourth-order valence-electron chi connectivity index (χ4n) is 3.29. The summed E-state index contributed by atoms with van der Waals surface area (Å²) in [5.41, 5.74) is 2.72. The average Bonchev–Trinajstić information content (AvgIpc) is 3.38. The number of fused-ring (bicyclic) bond motifs is 1. The van der Waals surface area contributed by atoms with Crippen LogP contribution < -0.4 is 5.32 Å². The number of rotatable bonds is 4. The van der Waals surface area contributed by atoms with E-state index in [1.54, 1.807) is 19.4 Å². The molecule has 9 nitrogen and oxygen atoms in total. The highest BCUT2D eigenvalue weighted by atomic mass is 19.1. The maximum atomic E-state index is 14.8. The lowest BCUT2D eigenvalue weighted by Crippen LogP contribution is -2.18. The molecular formula is C22H17FN8O. The lowest BCUT2D eigenvalue weighted by Gasteiger charge is -2.08. The third-order valence-corrected chi connectivity index (χ3v) is 4.88. The number of carbonyl (C=O) groups is 1. The first-order valence-electron chi connectivity index (χ1n) is 9.73. The van der Waals surface area contributed by atoms with Gasteiger partial charge in [0.1, 0.15) is 5.69 Å². The van der Waals surface area contributed by atoms with Gasteiger partial charge in [-0.2, -0.15) is 5.10 Å². The Labute approximate surface area is 181 Å². The Morgan fingerprint density at radius 3 is 2.56 bits per heavy atom. The molecule has 5 rings (SSSR count). The van der Waals surface area contributed by atoms with Gasteiger partial charge in [0, 0.05) is 31.1 Å². The molecule has 0 radical (unpaired) electrons. The number of benzene rings is 1. The van der Waals surface area contributed by atoms with E-state index in [2.05, 4.69) is 30.5 Å². The Morgan fingerprint density at radius 2 is 1.81 bits per heavy atom. The standard InChI is InChI=1S/C22H17FN8O/c1-13-9-24-21(25-10-13)15-11-26-30(2)19(15)22(32)27-17-8-18-28-20(14-6-4-3-5-7-14)29-31(18)12-16(17)23/h3-12H,1-2H3,(H,27,32). The third-order valence-electron chi connectivity index (χ3n) is 4.88. The lowest BCUT2D eigenvalue weighted by molar-refractivity contribution is 0.101. The molecule has 10 heteroatoms. The molecule has 0 aliphatic carbocycles. The molecule has 0 atom stereocenters. The SMILES string of the molecule is Cc1cnc(-c2cnn(C)c2C(=O)Nc2cc3nc(-c4ccccc4)nn3cc2F)nc1. The number of hydrogen-bond donors (Lipinski definition) is 1. The molecule has 1 N–H and O–H groups in total. The Morgan fingerprint density at radius 1 is 1.06 bits per heavy atom. The maximum Gasteiger partial charge on any atom is 0.274 e. The van der Waals surface area contributed by atoms with E-state index in [0.717, 1.165) is 11.1 Å². The largest absolute Gasteiger partial charge is 0.318 e. The summed E-state index contributed by atoms with van der Waals surface area (Å²) in [6, 6.07) is 10.8. The summed E-state index contributed by atoms with van der Waals surface area (Å²) in [6.45, 7) is 1.87. The Balaban J connectivity index is 1.48. The van der Waals surface area contributed by atoms with Crippen LogP contribution in [0.25, 0.3) is 28.4 Å². The van der Waals surface area contributed by atoms with Crippen molar-refractivity contribution in [2.45, 2.75) is 6.92 Å². The fraction of sp³-hybridized carbons (Fsp3) is 0.0909. The van der Waals surface area contributed by atoms with Gasteiger partial charge in [-0.05, 0) is 12.5 Å². The van der Waals surface area contributed by atoms with Gasteiger partial charge in [-0.3, -0.25) is 9.48 Å². The molecule has 5 aromatic rings. The zero-order valence-electron chi connectivity index (χ0n) is 17.2. The molecule has 1 aromatic carbocycles. The van der Waals surface area contributed by atoms with E-state index < -0.39 is 11.7 Å². The van der Waals surface area contributed by atoms with Crippen molar-refractivity contribution in [3.8, 4) is 22.8 Å². The average molecular weight is 428 g/mol.